The molecule has 0 aliphatic heterocycles. The first-order valence-electron chi connectivity index (χ1n) is 9.88. The molecule has 0 aliphatic carbocycles. The van der Waals surface area contributed by atoms with Crippen molar-refractivity contribution in [3.05, 3.63) is 74.7 Å². The fourth-order valence-corrected chi connectivity index (χ4v) is 3.77. The molecule has 0 atom stereocenters. The molecule has 0 saturated carbocycles. The molecule has 1 amide bonds. The third kappa shape index (κ3) is 10.1. The topological polar surface area (TPSA) is 92.5 Å². The van der Waals surface area contributed by atoms with Crippen LogP contribution in [0.3, 0.4) is 0 Å². The maximum Gasteiger partial charge on any atom is 0.300 e. The summed E-state index contributed by atoms with van der Waals surface area (Å²) in [6.45, 7) is 8.65. The SMILES string of the molecule is CC(=O)CN(C=O)c1ccc(Br)cc1C.CC(=O)O.Cc1cn(-c2ccc(Br)cc2C)cn1. The first-order chi connectivity index (χ1) is 15.4. The minimum Gasteiger partial charge on any atom is -0.481 e. The second-order valence-electron chi connectivity index (χ2n) is 7.24. The molecule has 0 spiro atoms. The van der Waals surface area contributed by atoms with Crippen LogP contribution >= 0.6 is 31.9 Å². The van der Waals surface area contributed by atoms with Crippen molar-refractivity contribution >= 4 is 55.7 Å². The fraction of sp³-hybridized carbons (Fsp3) is 0.250. The lowest BCUT2D eigenvalue weighted by Crippen LogP contribution is -2.27. The molecule has 1 heterocycles. The van der Waals surface area contributed by atoms with Gasteiger partial charge in [0.05, 0.1) is 18.6 Å². The van der Waals surface area contributed by atoms with Gasteiger partial charge in [0.2, 0.25) is 6.41 Å². The number of hydrogen-bond acceptors (Lipinski definition) is 4. The second kappa shape index (κ2) is 13.7. The van der Waals surface area contributed by atoms with Gasteiger partial charge in [0, 0.05) is 33.4 Å². The highest BCUT2D eigenvalue weighted by Crippen LogP contribution is 2.23. The number of carboxylic acids is 1. The number of amides is 1. The molecule has 7 nitrogen and oxygen atoms in total. The van der Waals surface area contributed by atoms with E-state index in [-0.39, 0.29) is 12.3 Å². The fourth-order valence-electron chi connectivity index (χ4n) is 2.82. The summed E-state index contributed by atoms with van der Waals surface area (Å²) in [6, 6.07) is 11.8. The minimum atomic E-state index is -0.833. The zero-order valence-corrected chi connectivity index (χ0v) is 22.3. The molecule has 2 aromatic carbocycles. The van der Waals surface area contributed by atoms with E-state index in [0.717, 1.165) is 32.8 Å². The van der Waals surface area contributed by atoms with E-state index in [1.54, 1.807) is 0 Å². The smallest absolute Gasteiger partial charge is 0.300 e. The normalized spacial score (nSPS) is 9.67. The molecular formula is C24H27Br2N3O4. The Kier molecular flexibility index (Phi) is 11.7. The predicted molar refractivity (Wildman–Crippen MR) is 137 cm³/mol. The number of benzene rings is 2. The standard InChI is InChI=1S/C11H11BrN2.C11H12BrNO2.C2H4O2/c1-8-5-10(12)3-4-11(8)14-6-9(2)13-7-14;1-8-5-10(12)3-4-11(8)13(7-14)6-9(2)15;1-2(3)4/h3-7H,1-2H3;3-5,7H,6H2,1-2H3;1H3,(H,3,4). The van der Waals surface area contributed by atoms with Gasteiger partial charge in [-0.1, -0.05) is 31.9 Å². The summed E-state index contributed by atoms with van der Waals surface area (Å²) < 4.78 is 4.10. The molecule has 176 valence electrons. The molecule has 33 heavy (non-hydrogen) atoms. The van der Waals surface area contributed by atoms with Crippen LogP contribution in [-0.4, -0.2) is 39.4 Å². The summed E-state index contributed by atoms with van der Waals surface area (Å²) >= 11 is 6.79. The molecule has 0 radical (unpaired) electrons. The molecule has 1 N–H and O–H groups in total. The van der Waals surface area contributed by atoms with Crippen LogP contribution in [0.25, 0.3) is 5.69 Å². The molecule has 0 aliphatic rings. The van der Waals surface area contributed by atoms with Crippen molar-refractivity contribution in [1.82, 2.24) is 9.55 Å². The van der Waals surface area contributed by atoms with Crippen LogP contribution in [0.15, 0.2) is 57.9 Å². The summed E-state index contributed by atoms with van der Waals surface area (Å²) in [7, 11) is 0. The second-order valence-corrected chi connectivity index (χ2v) is 9.07. The lowest BCUT2D eigenvalue weighted by Gasteiger charge is -2.18. The van der Waals surface area contributed by atoms with E-state index in [1.165, 1.54) is 23.1 Å². The summed E-state index contributed by atoms with van der Waals surface area (Å²) in [6.07, 6.45) is 4.54. The number of rotatable bonds is 5. The van der Waals surface area contributed by atoms with Gasteiger partial charge in [0.25, 0.3) is 5.97 Å². The summed E-state index contributed by atoms with van der Waals surface area (Å²) in [5.41, 5.74) is 5.17. The average Bonchev–Trinajstić information content (AvgIpc) is 3.12. The first kappa shape index (κ1) is 28.3. The van der Waals surface area contributed by atoms with E-state index < -0.39 is 5.97 Å². The molecule has 0 unspecified atom stereocenters. The van der Waals surface area contributed by atoms with Crippen LogP contribution in [0, 0.1) is 20.8 Å². The van der Waals surface area contributed by atoms with Crippen molar-refractivity contribution in [1.29, 1.82) is 0 Å². The van der Waals surface area contributed by atoms with Crippen molar-refractivity contribution in [2.24, 2.45) is 0 Å². The van der Waals surface area contributed by atoms with Crippen LogP contribution in [0.1, 0.15) is 30.7 Å². The highest BCUT2D eigenvalue weighted by atomic mass is 79.9. The number of halogens is 2. The molecule has 3 aromatic rings. The Morgan fingerprint density at radius 2 is 1.58 bits per heavy atom. The Morgan fingerprint density at radius 3 is 2.00 bits per heavy atom. The zero-order valence-electron chi connectivity index (χ0n) is 19.2. The van der Waals surface area contributed by atoms with E-state index in [0.29, 0.717) is 6.41 Å². The summed E-state index contributed by atoms with van der Waals surface area (Å²) in [5.74, 6) is -0.871. The number of carbonyl (C=O) groups is 3. The number of imidazole rings is 1. The van der Waals surface area contributed by atoms with Crippen LogP contribution < -0.4 is 4.90 Å². The van der Waals surface area contributed by atoms with Gasteiger partial charge >= 0.3 is 0 Å². The molecule has 3 rings (SSSR count). The van der Waals surface area contributed by atoms with Gasteiger partial charge in [-0.2, -0.15) is 0 Å². The van der Waals surface area contributed by atoms with Gasteiger partial charge in [-0.3, -0.25) is 14.4 Å². The minimum absolute atomic E-state index is 0.0376. The third-order valence-corrected chi connectivity index (χ3v) is 5.12. The Labute approximate surface area is 210 Å². The largest absolute Gasteiger partial charge is 0.481 e. The van der Waals surface area contributed by atoms with Gasteiger partial charge in [-0.25, -0.2) is 4.98 Å². The molecule has 1 aromatic heterocycles. The molecule has 0 fully saturated rings. The van der Waals surface area contributed by atoms with Gasteiger partial charge in [-0.05, 0) is 75.2 Å². The number of anilines is 1. The Bertz CT molecular complexity index is 1110. The van der Waals surface area contributed by atoms with E-state index in [9.17, 15) is 9.59 Å². The van der Waals surface area contributed by atoms with E-state index in [1.807, 2.05) is 55.2 Å². The van der Waals surface area contributed by atoms with Crippen molar-refractivity contribution in [2.45, 2.75) is 34.6 Å². The maximum atomic E-state index is 11.0. The van der Waals surface area contributed by atoms with Gasteiger partial charge < -0.3 is 14.6 Å². The van der Waals surface area contributed by atoms with Crippen molar-refractivity contribution in [2.75, 3.05) is 11.4 Å². The Balaban J connectivity index is 0.000000285. The van der Waals surface area contributed by atoms with E-state index in [4.69, 9.17) is 9.90 Å². The van der Waals surface area contributed by atoms with Crippen molar-refractivity contribution in [3.63, 3.8) is 0 Å². The van der Waals surface area contributed by atoms with Gasteiger partial charge in [-0.15, -0.1) is 0 Å². The number of ketones is 1. The lowest BCUT2D eigenvalue weighted by molar-refractivity contribution is -0.134. The highest BCUT2D eigenvalue weighted by molar-refractivity contribution is 9.10. The maximum absolute atomic E-state index is 11.0. The quantitative estimate of drug-likeness (QED) is 0.394. The van der Waals surface area contributed by atoms with E-state index in [2.05, 4.69) is 55.9 Å². The number of Topliss-reactive ketones (excluding diaryl/α,β-unsaturated/α-hetero) is 1. The number of aliphatic carboxylic acids is 1. The zero-order chi connectivity index (χ0) is 25.1. The summed E-state index contributed by atoms with van der Waals surface area (Å²) in [5, 5.41) is 7.42. The summed E-state index contributed by atoms with van der Waals surface area (Å²) in [4.78, 5) is 36.4. The third-order valence-electron chi connectivity index (χ3n) is 4.14. The van der Waals surface area contributed by atoms with Crippen molar-refractivity contribution in [3.8, 4) is 5.69 Å². The number of carbonyl (C=O) groups excluding carboxylic acids is 2. The molecule has 0 bridgehead atoms. The van der Waals surface area contributed by atoms with Gasteiger partial charge in [0.15, 0.2) is 0 Å². The van der Waals surface area contributed by atoms with Crippen LogP contribution in [-0.2, 0) is 14.4 Å². The first-order valence-corrected chi connectivity index (χ1v) is 11.5. The number of aromatic nitrogens is 2. The van der Waals surface area contributed by atoms with Crippen LogP contribution in [0.2, 0.25) is 0 Å². The number of nitrogens with zero attached hydrogens (tertiary/aromatic N) is 3. The van der Waals surface area contributed by atoms with Crippen LogP contribution in [0.4, 0.5) is 5.69 Å². The lowest BCUT2D eigenvalue weighted by atomic mass is 10.2. The average molecular weight is 581 g/mol. The highest BCUT2D eigenvalue weighted by Gasteiger charge is 2.10. The molecule has 0 saturated heterocycles. The van der Waals surface area contributed by atoms with E-state index >= 15 is 0 Å². The van der Waals surface area contributed by atoms with Crippen molar-refractivity contribution < 1.29 is 19.5 Å². The van der Waals surface area contributed by atoms with Gasteiger partial charge in [0.1, 0.15) is 5.78 Å². The molecule has 9 heteroatoms. The van der Waals surface area contributed by atoms with Crippen LogP contribution in [0.5, 0.6) is 0 Å². The molecular weight excluding hydrogens is 554 g/mol. The number of carboxylic acid groups (broad SMARTS) is 1. The predicted octanol–water partition coefficient (Wildman–Crippen LogP) is 5.65. The number of hydrogen-bond donors (Lipinski definition) is 1. The Hall–Kier alpha value is -2.78. The Morgan fingerprint density at radius 1 is 1.03 bits per heavy atom. The number of aryl methyl sites for hydroxylation is 3. The monoisotopic (exact) mass is 579 g/mol.